The molecule has 1 aromatic carbocycles. The van der Waals surface area contributed by atoms with Crippen LogP contribution in [0.3, 0.4) is 0 Å². The van der Waals surface area contributed by atoms with Gasteiger partial charge in [-0.1, -0.05) is 31.4 Å². The quantitative estimate of drug-likeness (QED) is 0.749. The Kier molecular flexibility index (Phi) is 7.40. The largest absolute Gasteiger partial charge is 0.497 e. The molecule has 1 amide bonds. The molecule has 0 aliphatic heterocycles. The summed E-state index contributed by atoms with van der Waals surface area (Å²) in [6.07, 6.45) is 8.22. The van der Waals surface area contributed by atoms with Crippen molar-refractivity contribution in [2.24, 2.45) is 0 Å². The van der Waals surface area contributed by atoms with Gasteiger partial charge in [0.2, 0.25) is 5.91 Å². The van der Waals surface area contributed by atoms with Gasteiger partial charge in [-0.25, -0.2) is 0 Å². The number of rotatable bonds is 8. The van der Waals surface area contributed by atoms with Gasteiger partial charge in [0.15, 0.2) is 0 Å². The topological polar surface area (TPSA) is 41.6 Å². The van der Waals surface area contributed by atoms with E-state index >= 15 is 0 Å². The molecule has 23 heavy (non-hydrogen) atoms. The summed E-state index contributed by atoms with van der Waals surface area (Å²) in [5, 5.41) is 3.02. The maximum Gasteiger partial charge on any atom is 0.224 e. The zero-order valence-corrected chi connectivity index (χ0v) is 14.5. The first-order valence-corrected chi connectivity index (χ1v) is 8.79. The molecule has 0 aromatic heterocycles. The van der Waals surface area contributed by atoms with Crippen molar-refractivity contribution < 1.29 is 9.53 Å². The number of benzene rings is 1. The number of hydrogen-bond acceptors (Lipinski definition) is 3. The van der Waals surface area contributed by atoms with Crippen molar-refractivity contribution in [2.45, 2.75) is 51.0 Å². The van der Waals surface area contributed by atoms with Gasteiger partial charge in [-0.15, -0.1) is 0 Å². The van der Waals surface area contributed by atoms with Crippen LogP contribution in [-0.2, 0) is 11.2 Å². The lowest BCUT2D eigenvalue weighted by molar-refractivity contribution is -0.120. The maximum absolute atomic E-state index is 12.0. The van der Waals surface area contributed by atoms with Crippen LogP contribution in [0.4, 0.5) is 0 Å². The lowest BCUT2D eigenvalue weighted by atomic mass is 9.94. The van der Waals surface area contributed by atoms with Gasteiger partial charge < -0.3 is 15.0 Å². The van der Waals surface area contributed by atoms with Crippen LogP contribution in [0.25, 0.3) is 0 Å². The Morgan fingerprint density at radius 3 is 2.83 bits per heavy atom. The van der Waals surface area contributed by atoms with Crippen LogP contribution in [0.1, 0.15) is 44.1 Å². The monoisotopic (exact) mass is 318 g/mol. The molecule has 1 N–H and O–H groups in total. The van der Waals surface area contributed by atoms with Crippen LogP contribution < -0.4 is 10.1 Å². The van der Waals surface area contributed by atoms with Crippen LogP contribution in [0.2, 0.25) is 0 Å². The van der Waals surface area contributed by atoms with Crippen molar-refractivity contribution in [1.82, 2.24) is 10.2 Å². The first-order valence-electron chi connectivity index (χ1n) is 8.79. The third-order valence-electron chi connectivity index (χ3n) is 4.71. The fourth-order valence-electron chi connectivity index (χ4n) is 3.29. The van der Waals surface area contributed by atoms with Gasteiger partial charge >= 0.3 is 0 Å². The summed E-state index contributed by atoms with van der Waals surface area (Å²) in [7, 11) is 3.86. The molecule has 0 atom stereocenters. The van der Waals surface area contributed by atoms with Gasteiger partial charge in [0, 0.05) is 12.6 Å². The molecule has 0 unspecified atom stereocenters. The molecule has 128 valence electrons. The highest BCUT2D eigenvalue weighted by Crippen LogP contribution is 2.21. The first-order chi connectivity index (χ1) is 11.2. The summed E-state index contributed by atoms with van der Waals surface area (Å²) in [5.74, 6) is 0.878. The number of nitrogens with one attached hydrogen (secondary N) is 1. The summed E-state index contributed by atoms with van der Waals surface area (Å²) in [6, 6.07) is 8.43. The van der Waals surface area contributed by atoms with E-state index in [-0.39, 0.29) is 5.91 Å². The van der Waals surface area contributed by atoms with Crippen molar-refractivity contribution in [3.63, 3.8) is 0 Å². The zero-order valence-electron chi connectivity index (χ0n) is 14.5. The predicted molar refractivity (Wildman–Crippen MR) is 93.8 cm³/mol. The van der Waals surface area contributed by atoms with Gasteiger partial charge in [0.05, 0.1) is 13.5 Å². The van der Waals surface area contributed by atoms with E-state index in [0.717, 1.165) is 36.9 Å². The highest BCUT2D eigenvalue weighted by molar-refractivity contribution is 5.78. The Morgan fingerprint density at radius 2 is 2.09 bits per heavy atom. The minimum atomic E-state index is 0.0820. The van der Waals surface area contributed by atoms with Crippen LogP contribution in [-0.4, -0.2) is 44.1 Å². The lowest BCUT2D eigenvalue weighted by Crippen LogP contribution is -2.36. The molecule has 1 saturated carbocycles. The fraction of sp³-hybridized carbons (Fsp3) is 0.632. The average Bonchev–Trinajstić information content (AvgIpc) is 2.59. The van der Waals surface area contributed by atoms with E-state index in [1.807, 2.05) is 24.3 Å². The maximum atomic E-state index is 12.0. The van der Waals surface area contributed by atoms with E-state index < -0.39 is 0 Å². The molecule has 0 bridgehead atoms. The second-order valence-corrected chi connectivity index (χ2v) is 6.50. The smallest absolute Gasteiger partial charge is 0.224 e. The molecular formula is C19H30N2O2. The van der Waals surface area contributed by atoms with E-state index in [4.69, 9.17) is 4.74 Å². The molecule has 1 aromatic rings. The summed E-state index contributed by atoms with van der Waals surface area (Å²) >= 11 is 0. The Labute approximate surface area is 140 Å². The summed E-state index contributed by atoms with van der Waals surface area (Å²) in [5.41, 5.74) is 0.987. The van der Waals surface area contributed by atoms with E-state index in [0.29, 0.717) is 6.42 Å². The van der Waals surface area contributed by atoms with Gasteiger partial charge in [0.25, 0.3) is 0 Å². The Morgan fingerprint density at radius 1 is 1.30 bits per heavy atom. The Hall–Kier alpha value is -1.55. The van der Waals surface area contributed by atoms with Gasteiger partial charge in [-0.3, -0.25) is 4.79 Å². The highest BCUT2D eigenvalue weighted by atomic mass is 16.5. The third-order valence-corrected chi connectivity index (χ3v) is 4.71. The third kappa shape index (κ3) is 6.22. The summed E-state index contributed by atoms with van der Waals surface area (Å²) in [6.45, 7) is 1.81. The van der Waals surface area contributed by atoms with Crippen molar-refractivity contribution in [1.29, 1.82) is 0 Å². The first kappa shape index (κ1) is 17.8. The molecule has 2 rings (SSSR count). The molecule has 1 aliphatic carbocycles. The van der Waals surface area contributed by atoms with Crippen molar-refractivity contribution in [3.8, 4) is 5.75 Å². The molecule has 0 radical (unpaired) electrons. The molecule has 0 heterocycles. The van der Waals surface area contributed by atoms with Gasteiger partial charge in [-0.05, 0) is 50.6 Å². The van der Waals surface area contributed by atoms with Crippen LogP contribution in [0.5, 0.6) is 5.75 Å². The number of hydrogen-bond donors (Lipinski definition) is 1. The minimum absolute atomic E-state index is 0.0820. The van der Waals surface area contributed by atoms with Crippen LogP contribution in [0.15, 0.2) is 24.3 Å². The molecule has 4 nitrogen and oxygen atoms in total. The number of ether oxygens (including phenoxy) is 1. The molecule has 0 saturated heterocycles. The van der Waals surface area contributed by atoms with E-state index in [2.05, 4.69) is 17.3 Å². The number of methoxy groups -OCH3 is 1. The lowest BCUT2D eigenvalue weighted by Gasteiger charge is -2.31. The molecule has 1 fully saturated rings. The summed E-state index contributed by atoms with van der Waals surface area (Å²) in [4.78, 5) is 14.5. The standard InChI is InChI=1S/C19H30N2O2/c1-21(17-9-4-3-5-10-17)13-7-12-20-19(22)15-16-8-6-11-18(14-16)23-2/h6,8,11,14,17H,3-5,7,9-10,12-13,15H2,1-2H3,(H,20,22). The second kappa shape index (κ2) is 9.56. The molecule has 4 heteroatoms. The van der Waals surface area contributed by atoms with E-state index in [1.54, 1.807) is 7.11 Å². The molecule has 0 spiro atoms. The Bertz CT molecular complexity index is 484. The number of nitrogens with zero attached hydrogens (tertiary/aromatic N) is 1. The molecule has 1 aliphatic rings. The normalized spacial score (nSPS) is 15.6. The van der Waals surface area contributed by atoms with Crippen molar-refractivity contribution in [3.05, 3.63) is 29.8 Å². The SMILES string of the molecule is COc1cccc(CC(=O)NCCCN(C)C2CCCCC2)c1. The molecular weight excluding hydrogens is 288 g/mol. The van der Waals surface area contributed by atoms with Crippen molar-refractivity contribution in [2.75, 3.05) is 27.2 Å². The van der Waals surface area contributed by atoms with Gasteiger partial charge in [0.1, 0.15) is 5.75 Å². The van der Waals surface area contributed by atoms with Crippen LogP contribution >= 0.6 is 0 Å². The predicted octanol–water partition coefficient (Wildman–Crippen LogP) is 3.01. The fourth-order valence-corrected chi connectivity index (χ4v) is 3.29. The average molecular weight is 318 g/mol. The van der Waals surface area contributed by atoms with Crippen LogP contribution in [0, 0.1) is 0 Å². The second-order valence-electron chi connectivity index (χ2n) is 6.50. The number of carbonyl (C=O) groups is 1. The van der Waals surface area contributed by atoms with E-state index in [1.165, 1.54) is 32.1 Å². The van der Waals surface area contributed by atoms with Gasteiger partial charge in [-0.2, -0.15) is 0 Å². The minimum Gasteiger partial charge on any atom is -0.497 e. The van der Waals surface area contributed by atoms with E-state index in [9.17, 15) is 4.79 Å². The number of carbonyl (C=O) groups excluding carboxylic acids is 1. The Balaban J connectivity index is 1.62. The number of amides is 1. The zero-order chi connectivity index (χ0) is 16.5. The summed E-state index contributed by atoms with van der Waals surface area (Å²) < 4.78 is 5.18. The van der Waals surface area contributed by atoms with Crippen molar-refractivity contribution >= 4 is 5.91 Å². The highest BCUT2D eigenvalue weighted by Gasteiger charge is 2.17.